The predicted octanol–water partition coefficient (Wildman–Crippen LogP) is 1.61. The molecule has 7 nitrogen and oxygen atoms in total. The van der Waals surface area contributed by atoms with Crippen LogP contribution in [0.2, 0.25) is 0 Å². The number of aromatic nitrogens is 1. The van der Waals surface area contributed by atoms with Gasteiger partial charge in [0.05, 0.1) is 4.90 Å². The maximum absolute atomic E-state index is 13.3. The van der Waals surface area contributed by atoms with Crippen LogP contribution in [0.25, 0.3) is 0 Å². The Balaban J connectivity index is 1.85. The van der Waals surface area contributed by atoms with Crippen molar-refractivity contribution in [3.63, 3.8) is 0 Å². The van der Waals surface area contributed by atoms with Crippen LogP contribution in [0.15, 0.2) is 47.6 Å². The van der Waals surface area contributed by atoms with Gasteiger partial charge in [0.15, 0.2) is 9.84 Å². The van der Waals surface area contributed by atoms with E-state index in [1.807, 2.05) is 13.8 Å². The van der Waals surface area contributed by atoms with Gasteiger partial charge in [-0.15, -0.1) is 0 Å². The summed E-state index contributed by atoms with van der Waals surface area (Å²) in [5.41, 5.74) is 2.30. The molecule has 1 atom stereocenters. The molecule has 1 heterocycles. The molecule has 148 valence electrons. The molecular weight excluding hydrogens is 378 g/mol. The minimum Gasteiger partial charge on any atom is -0.346 e. The monoisotopic (exact) mass is 401 g/mol. The van der Waals surface area contributed by atoms with Gasteiger partial charge in [0.1, 0.15) is 5.25 Å². The van der Waals surface area contributed by atoms with Gasteiger partial charge in [-0.3, -0.25) is 14.6 Å². The summed E-state index contributed by atoms with van der Waals surface area (Å²) in [6, 6.07) is 8.27. The molecule has 1 aromatic carbocycles. The minimum atomic E-state index is -3.81. The summed E-state index contributed by atoms with van der Waals surface area (Å²) < 4.78 is 26.6. The summed E-state index contributed by atoms with van der Waals surface area (Å²) in [5, 5.41) is 3.99. The summed E-state index contributed by atoms with van der Waals surface area (Å²) in [4.78, 5) is 28.1. The van der Waals surface area contributed by atoms with Gasteiger partial charge < -0.3 is 10.6 Å². The van der Waals surface area contributed by atoms with Crippen LogP contribution in [0, 0.1) is 13.8 Å². The van der Waals surface area contributed by atoms with E-state index in [-0.39, 0.29) is 17.5 Å². The number of nitrogens with one attached hydrogen (secondary N) is 2. The number of benzene rings is 1. The molecule has 1 fully saturated rings. The van der Waals surface area contributed by atoms with Crippen LogP contribution in [0.3, 0.4) is 0 Å². The lowest BCUT2D eigenvalue weighted by Crippen LogP contribution is -2.43. The van der Waals surface area contributed by atoms with Gasteiger partial charge in [-0.25, -0.2) is 8.42 Å². The Kier molecular flexibility index (Phi) is 5.79. The molecule has 0 bridgehead atoms. The maximum atomic E-state index is 13.3. The highest BCUT2D eigenvalue weighted by Crippen LogP contribution is 2.29. The fourth-order valence-electron chi connectivity index (χ4n) is 2.77. The Bertz CT molecular complexity index is 986. The van der Waals surface area contributed by atoms with Crippen LogP contribution in [0.4, 0.5) is 0 Å². The number of aryl methyl sites for hydroxylation is 2. The predicted molar refractivity (Wildman–Crippen MR) is 104 cm³/mol. The lowest BCUT2D eigenvalue weighted by Gasteiger charge is -2.19. The van der Waals surface area contributed by atoms with Crippen molar-refractivity contribution in [2.45, 2.75) is 42.9 Å². The Labute approximate surface area is 164 Å². The summed E-state index contributed by atoms with van der Waals surface area (Å²) in [6.45, 7) is 3.53. The second-order valence-electron chi connectivity index (χ2n) is 7.02. The molecule has 1 saturated carbocycles. The molecule has 0 saturated heterocycles. The fraction of sp³-hybridized carbons (Fsp3) is 0.350. The number of hydrogen-bond acceptors (Lipinski definition) is 5. The SMILES string of the molecule is Cc1ccc(S(=O)(=O)[C@H](CNC(=O)C(=O)NC2CC2)c2cccnc2)cc1C. The van der Waals surface area contributed by atoms with Crippen molar-refractivity contribution in [2.24, 2.45) is 0 Å². The van der Waals surface area contributed by atoms with E-state index in [0.29, 0.717) is 5.56 Å². The highest BCUT2D eigenvalue weighted by molar-refractivity contribution is 7.91. The molecule has 0 spiro atoms. The Morgan fingerprint density at radius 1 is 1.14 bits per heavy atom. The van der Waals surface area contributed by atoms with E-state index < -0.39 is 26.9 Å². The van der Waals surface area contributed by atoms with Gasteiger partial charge in [0.2, 0.25) is 0 Å². The third kappa shape index (κ3) is 4.56. The van der Waals surface area contributed by atoms with E-state index in [0.717, 1.165) is 24.0 Å². The zero-order chi connectivity index (χ0) is 20.3. The molecule has 1 aliphatic rings. The van der Waals surface area contributed by atoms with Crippen LogP contribution in [0.5, 0.6) is 0 Å². The first kappa shape index (κ1) is 20.0. The van der Waals surface area contributed by atoms with Crippen LogP contribution >= 0.6 is 0 Å². The van der Waals surface area contributed by atoms with Crippen molar-refractivity contribution in [2.75, 3.05) is 6.54 Å². The first-order valence-corrected chi connectivity index (χ1v) is 10.6. The molecule has 2 aromatic rings. The molecule has 2 amide bonds. The highest BCUT2D eigenvalue weighted by Gasteiger charge is 2.32. The van der Waals surface area contributed by atoms with E-state index in [1.54, 1.807) is 36.5 Å². The summed E-state index contributed by atoms with van der Waals surface area (Å²) >= 11 is 0. The molecule has 28 heavy (non-hydrogen) atoms. The standard InChI is InChI=1S/C20H23N3O4S/c1-13-5-8-17(10-14(13)2)28(26,27)18(15-4-3-9-21-11-15)12-22-19(24)20(25)23-16-6-7-16/h3-5,8-11,16,18H,6-7,12H2,1-2H3,(H,22,24)(H,23,25)/t18-/m1/s1. The first-order valence-electron chi connectivity index (χ1n) is 9.09. The van der Waals surface area contributed by atoms with E-state index >= 15 is 0 Å². The number of amides is 2. The first-order chi connectivity index (χ1) is 13.3. The van der Waals surface area contributed by atoms with E-state index in [4.69, 9.17) is 0 Å². The number of nitrogens with zero attached hydrogens (tertiary/aromatic N) is 1. The van der Waals surface area contributed by atoms with Crippen molar-refractivity contribution < 1.29 is 18.0 Å². The van der Waals surface area contributed by atoms with Crippen molar-refractivity contribution >= 4 is 21.7 Å². The van der Waals surface area contributed by atoms with Gasteiger partial charge in [-0.1, -0.05) is 12.1 Å². The van der Waals surface area contributed by atoms with Crippen molar-refractivity contribution in [3.8, 4) is 0 Å². The lowest BCUT2D eigenvalue weighted by atomic mass is 10.1. The molecule has 0 radical (unpaired) electrons. The van der Waals surface area contributed by atoms with Crippen molar-refractivity contribution in [1.29, 1.82) is 0 Å². The average Bonchev–Trinajstić information content (AvgIpc) is 3.48. The Morgan fingerprint density at radius 2 is 1.89 bits per heavy atom. The third-order valence-electron chi connectivity index (χ3n) is 4.80. The maximum Gasteiger partial charge on any atom is 0.309 e. The topological polar surface area (TPSA) is 105 Å². The number of rotatable bonds is 6. The largest absolute Gasteiger partial charge is 0.346 e. The average molecular weight is 401 g/mol. The van der Waals surface area contributed by atoms with E-state index in [9.17, 15) is 18.0 Å². The number of sulfone groups is 1. The van der Waals surface area contributed by atoms with Gasteiger partial charge in [0.25, 0.3) is 0 Å². The molecule has 3 rings (SSSR count). The van der Waals surface area contributed by atoms with Crippen LogP contribution in [-0.2, 0) is 19.4 Å². The summed E-state index contributed by atoms with van der Waals surface area (Å²) in [5.74, 6) is -1.58. The second-order valence-corrected chi connectivity index (χ2v) is 9.15. The van der Waals surface area contributed by atoms with Gasteiger partial charge in [0, 0.05) is 25.0 Å². The van der Waals surface area contributed by atoms with E-state index in [2.05, 4.69) is 15.6 Å². The van der Waals surface area contributed by atoms with Crippen LogP contribution in [-0.4, -0.2) is 37.8 Å². The zero-order valence-corrected chi connectivity index (χ0v) is 16.6. The van der Waals surface area contributed by atoms with Gasteiger partial charge in [-0.2, -0.15) is 0 Å². The Morgan fingerprint density at radius 3 is 2.50 bits per heavy atom. The number of carbonyl (C=O) groups is 2. The number of hydrogen-bond donors (Lipinski definition) is 2. The molecule has 8 heteroatoms. The smallest absolute Gasteiger partial charge is 0.309 e. The van der Waals surface area contributed by atoms with Gasteiger partial charge in [-0.05, 0) is 61.6 Å². The summed E-state index contributed by atoms with van der Waals surface area (Å²) in [7, 11) is -3.81. The van der Waals surface area contributed by atoms with Gasteiger partial charge >= 0.3 is 11.8 Å². The molecule has 0 aliphatic heterocycles. The highest BCUT2D eigenvalue weighted by atomic mass is 32.2. The molecule has 0 unspecified atom stereocenters. The molecule has 1 aromatic heterocycles. The van der Waals surface area contributed by atoms with Crippen LogP contribution < -0.4 is 10.6 Å². The molecule has 2 N–H and O–H groups in total. The zero-order valence-electron chi connectivity index (χ0n) is 15.8. The van der Waals surface area contributed by atoms with Crippen molar-refractivity contribution in [3.05, 3.63) is 59.4 Å². The minimum absolute atomic E-state index is 0.0478. The number of pyridine rings is 1. The quantitative estimate of drug-likeness (QED) is 0.716. The third-order valence-corrected chi connectivity index (χ3v) is 6.90. The van der Waals surface area contributed by atoms with Crippen LogP contribution in [0.1, 0.15) is 34.8 Å². The van der Waals surface area contributed by atoms with E-state index in [1.165, 1.54) is 6.20 Å². The lowest BCUT2D eigenvalue weighted by molar-refractivity contribution is -0.139. The molecule has 1 aliphatic carbocycles. The van der Waals surface area contributed by atoms with Crippen molar-refractivity contribution in [1.82, 2.24) is 15.6 Å². The second kappa shape index (κ2) is 8.10. The summed E-state index contributed by atoms with van der Waals surface area (Å²) in [6.07, 6.45) is 4.72. The Hall–Kier alpha value is -2.74. The normalized spacial score (nSPS) is 14.9. The fourth-order valence-corrected chi connectivity index (χ4v) is 4.50. The number of carbonyl (C=O) groups excluding carboxylic acids is 2. The molecular formula is C20H23N3O4S.